The van der Waals surface area contributed by atoms with Gasteiger partial charge in [0.25, 0.3) is 0 Å². The molecule has 23 heavy (non-hydrogen) atoms. The highest BCUT2D eigenvalue weighted by atomic mass is 16.6. The molecule has 0 aromatic heterocycles. The number of carboxylic acid groups (broad SMARTS) is 2. The van der Waals surface area contributed by atoms with Crippen molar-refractivity contribution in [2.75, 3.05) is 26.4 Å². The molecule has 0 aromatic carbocycles. The molecule has 2 rings (SSSR count). The van der Waals surface area contributed by atoms with E-state index in [9.17, 15) is 9.59 Å². The van der Waals surface area contributed by atoms with Crippen LogP contribution in [-0.4, -0.2) is 60.8 Å². The van der Waals surface area contributed by atoms with E-state index in [1.54, 1.807) is 0 Å². The van der Waals surface area contributed by atoms with Crippen LogP contribution in [0.25, 0.3) is 0 Å². The van der Waals surface area contributed by atoms with E-state index in [1.165, 1.54) is 0 Å². The van der Waals surface area contributed by atoms with Crippen LogP contribution >= 0.6 is 0 Å². The van der Waals surface area contributed by atoms with Crippen molar-refractivity contribution in [2.45, 2.75) is 63.6 Å². The first-order valence-corrected chi connectivity index (χ1v) is 8.32. The quantitative estimate of drug-likeness (QED) is 0.392. The van der Waals surface area contributed by atoms with Crippen LogP contribution in [0.2, 0.25) is 0 Å². The van der Waals surface area contributed by atoms with E-state index < -0.39 is 11.9 Å². The van der Waals surface area contributed by atoms with Crippen molar-refractivity contribution in [3.05, 3.63) is 0 Å². The van der Waals surface area contributed by atoms with Gasteiger partial charge in [-0.2, -0.15) is 0 Å². The zero-order chi connectivity index (χ0) is 16.9. The number of hydrogen-bond donors (Lipinski definition) is 2. The fourth-order valence-electron chi connectivity index (χ4n) is 1.92. The molecular weight excluding hydrogens is 304 g/mol. The molecule has 0 saturated carbocycles. The largest absolute Gasteiger partial charge is 0.481 e. The van der Waals surface area contributed by atoms with Gasteiger partial charge in [0.1, 0.15) is 12.2 Å². The van der Waals surface area contributed by atoms with Crippen LogP contribution in [0.5, 0.6) is 0 Å². The third-order valence-electron chi connectivity index (χ3n) is 3.44. The van der Waals surface area contributed by atoms with Crippen molar-refractivity contribution in [2.24, 2.45) is 0 Å². The summed E-state index contributed by atoms with van der Waals surface area (Å²) in [4.78, 5) is 20.3. The van der Waals surface area contributed by atoms with Crippen molar-refractivity contribution in [3.8, 4) is 0 Å². The van der Waals surface area contributed by atoms with Crippen LogP contribution < -0.4 is 0 Å². The number of epoxide rings is 2. The molecule has 2 aliphatic rings. The number of ether oxygens (including phenoxy) is 3. The maximum absolute atomic E-state index is 10.1. The third kappa shape index (κ3) is 15.5. The summed E-state index contributed by atoms with van der Waals surface area (Å²) in [6.45, 7) is 3.26. The minimum absolute atomic E-state index is 0.245. The van der Waals surface area contributed by atoms with Gasteiger partial charge in [-0.25, -0.2) is 0 Å². The van der Waals surface area contributed by atoms with Gasteiger partial charge in [0, 0.05) is 12.8 Å². The highest BCUT2D eigenvalue weighted by molar-refractivity contribution is 5.66. The number of hydrogen-bond acceptors (Lipinski definition) is 5. The van der Waals surface area contributed by atoms with Gasteiger partial charge in [0.15, 0.2) is 0 Å². The Morgan fingerprint density at radius 3 is 1.43 bits per heavy atom. The summed E-state index contributed by atoms with van der Waals surface area (Å²) in [5.41, 5.74) is 0. The second kappa shape index (κ2) is 12.3. The normalized spacial score (nSPS) is 21.2. The Morgan fingerprint density at radius 1 is 0.783 bits per heavy atom. The molecule has 0 spiro atoms. The lowest BCUT2D eigenvalue weighted by Crippen LogP contribution is -2.06. The highest BCUT2D eigenvalue weighted by Crippen LogP contribution is 2.12. The molecule has 2 aliphatic heterocycles. The molecule has 7 heteroatoms. The summed E-state index contributed by atoms with van der Waals surface area (Å²) in [6, 6.07) is 0. The van der Waals surface area contributed by atoms with Gasteiger partial charge in [-0.05, 0) is 12.8 Å². The number of aliphatic carboxylic acids is 2. The lowest BCUT2D eigenvalue weighted by molar-refractivity contribution is -0.138. The van der Waals surface area contributed by atoms with Gasteiger partial charge >= 0.3 is 11.9 Å². The first-order valence-electron chi connectivity index (χ1n) is 8.32. The van der Waals surface area contributed by atoms with Gasteiger partial charge in [-0.1, -0.05) is 25.7 Å². The summed E-state index contributed by atoms with van der Waals surface area (Å²) in [5.74, 6) is -1.48. The molecule has 2 saturated heterocycles. The summed E-state index contributed by atoms with van der Waals surface area (Å²) in [7, 11) is 0. The number of carbonyl (C=O) groups is 2. The molecule has 0 bridgehead atoms. The molecule has 0 aliphatic carbocycles. The molecule has 2 unspecified atom stereocenters. The van der Waals surface area contributed by atoms with E-state index >= 15 is 0 Å². The molecule has 7 nitrogen and oxygen atoms in total. The minimum Gasteiger partial charge on any atom is -0.481 e. The van der Waals surface area contributed by atoms with E-state index in [0.717, 1.165) is 65.0 Å². The first kappa shape index (κ1) is 19.9. The monoisotopic (exact) mass is 332 g/mol. The lowest BCUT2D eigenvalue weighted by atomic mass is 10.1. The maximum atomic E-state index is 10.1. The van der Waals surface area contributed by atoms with E-state index in [0.29, 0.717) is 12.2 Å². The fourth-order valence-corrected chi connectivity index (χ4v) is 1.92. The van der Waals surface area contributed by atoms with Gasteiger partial charge in [-0.3, -0.25) is 9.59 Å². The van der Waals surface area contributed by atoms with Crippen molar-refractivity contribution in [3.63, 3.8) is 0 Å². The second-order valence-electron chi connectivity index (χ2n) is 5.86. The second-order valence-corrected chi connectivity index (χ2v) is 5.86. The van der Waals surface area contributed by atoms with Crippen LogP contribution in [0.1, 0.15) is 51.4 Å². The van der Waals surface area contributed by atoms with Crippen molar-refractivity contribution < 1.29 is 34.0 Å². The Morgan fingerprint density at radius 2 is 1.13 bits per heavy atom. The molecule has 2 heterocycles. The van der Waals surface area contributed by atoms with Crippen LogP contribution in [-0.2, 0) is 23.8 Å². The van der Waals surface area contributed by atoms with Crippen LogP contribution in [0.4, 0.5) is 0 Å². The fraction of sp³-hybridized carbons (Fsp3) is 0.875. The Bertz CT molecular complexity index is 305. The topological polar surface area (TPSA) is 109 Å². The van der Waals surface area contributed by atoms with Gasteiger partial charge < -0.3 is 24.4 Å². The predicted octanol–water partition coefficient (Wildman–Crippen LogP) is 2.08. The lowest BCUT2D eigenvalue weighted by Gasteiger charge is -1.98. The highest BCUT2D eigenvalue weighted by Gasteiger charge is 2.26. The zero-order valence-corrected chi connectivity index (χ0v) is 13.6. The Labute approximate surface area is 136 Å². The van der Waals surface area contributed by atoms with Gasteiger partial charge in [0.2, 0.25) is 0 Å². The number of unbranched alkanes of at least 4 members (excludes halogenated alkanes) is 5. The smallest absolute Gasteiger partial charge is 0.303 e. The Balaban J connectivity index is 0.000000248. The molecular formula is C16H28O7. The van der Waals surface area contributed by atoms with E-state index in [4.69, 9.17) is 24.4 Å². The van der Waals surface area contributed by atoms with E-state index in [-0.39, 0.29) is 12.8 Å². The summed E-state index contributed by atoms with van der Waals surface area (Å²) in [5, 5.41) is 16.7. The van der Waals surface area contributed by atoms with Gasteiger partial charge in [0.05, 0.1) is 26.4 Å². The molecule has 2 fully saturated rings. The van der Waals surface area contributed by atoms with Crippen LogP contribution in [0.3, 0.4) is 0 Å². The van der Waals surface area contributed by atoms with Crippen molar-refractivity contribution >= 4 is 11.9 Å². The minimum atomic E-state index is -0.740. The Hall–Kier alpha value is -1.18. The molecule has 134 valence electrons. The molecule has 2 N–H and O–H groups in total. The van der Waals surface area contributed by atoms with Crippen LogP contribution in [0, 0.1) is 0 Å². The average Bonchev–Trinajstić information content (AvgIpc) is 3.36. The summed E-state index contributed by atoms with van der Waals surface area (Å²) >= 11 is 0. The Kier molecular flexibility index (Phi) is 10.6. The third-order valence-corrected chi connectivity index (χ3v) is 3.44. The molecule has 0 aromatic rings. The summed E-state index contributed by atoms with van der Waals surface area (Å²) in [6.07, 6.45) is 6.61. The SMILES string of the molecule is C(OCC1CO1)C1CO1.O=C(O)CCCCCCCCC(=O)O. The standard InChI is InChI=1S/C10H18O4.C6H10O3/c11-9(12)7-5-3-1-2-4-6-8-10(13)14;1(5-3-8-5)7-2-6-4-9-6/h1-8H2,(H,11,12)(H,13,14);5-6H,1-4H2. The van der Waals surface area contributed by atoms with Crippen molar-refractivity contribution in [1.29, 1.82) is 0 Å². The molecule has 0 radical (unpaired) electrons. The van der Waals surface area contributed by atoms with E-state index in [1.807, 2.05) is 0 Å². The van der Waals surface area contributed by atoms with E-state index in [2.05, 4.69) is 0 Å². The van der Waals surface area contributed by atoms with Gasteiger partial charge in [-0.15, -0.1) is 0 Å². The van der Waals surface area contributed by atoms with Crippen molar-refractivity contribution in [1.82, 2.24) is 0 Å². The predicted molar refractivity (Wildman–Crippen MR) is 82.5 cm³/mol. The van der Waals surface area contributed by atoms with Crippen LogP contribution in [0.15, 0.2) is 0 Å². The average molecular weight is 332 g/mol. The maximum Gasteiger partial charge on any atom is 0.303 e. The number of carboxylic acids is 2. The zero-order valence-electron chi connectivity index (χ0n) is 13.6. The number of rotatable bonds is 13. The molecule has 0 amide bonds. The first-order chi connectivity index (χ1) is 11.1. The molecule has 2 atom stereocenters. The summed E-state index contributed by atoms with van der Waals surface area (Å²) < 4.78 is 15.1.